The number of hydrogen-bond acceptors (Lipinski definition) is 12. The van der Waals surface area contributed by atoms with Crippen molar-refractivity contribution in [3.63, 3.8) is 0 Å². The fourth-order valence-electron chi connectivity index (χ4n) is 3.04. The van der Waals surface area contributed by atoms with E-state index in [2.05, 4.69) is 42.7 Å². The summed E-state index contributed by atoms with van der Waals surface area (Å²) in [5.74, 6) is -1.67. The van der Waals surface area contributed by atoms with Crippen molar-refractivity contribution in [1.82, 2.24) is 35.8 Å². The highest BCUT2D eigenvalue weighted by molar-refractivity contribution is 8.00. The number of H-pyrrole nitrogens is 1. The number of nitrogens with one attached hydrogen (secondary N) is 2. The van der Waals surface area contributed by atoms with E-state index >= 15 is 0 Å². The minimum absolute atomic E-state index is 0.0941. The Hall–Kier alpha value is -3.79. The van der Waals surface area contributed by atoms with Gasteiger partial charge in [0.05, 0.1) is 5.70 Å². The maximum atomic E-state index is 12.9. The first-order chi connectivity index (χ1) is 15.4. The van der Waals surface area contributed by atoms with Crippen LogP contribution in [0.1, 0.15) is 11.5 Å². The molecule has 4 rings (SSSR count). The largest absolute Gasteiger partial charge is 0.479 e. The molecule has 2 aromatic heterocycles. The van der Waals surface area contributed by atoms with Crippen LogP contribution in [0.15, 0.2) is 28.8 Å². The van der Waals surface area contributed by atoms with Crippen LogP contribution in [0.5, 0.6) is 0 Å². The third-order valence-electron chi connectivity index (χ3n) is 4.41. The van der Waals surface area contributed by atoms with Crippen molar-refractivity contribution in [2.45, 2.75) is 11.4 Å². The molecule has 0 unspecified atom stereocenters. The van der Waals surface area contributed by atoms with Gasteiger partial charge in [0.1, 0.15) is 17.1 Å². The second-order valence-electron chi connectivity index (χ2n) is 6.35. The van der Waals surface area contributed by atoms with E-state index in [9.17, 15) is 14.4 Å². The van der Waals surface area contributed by atoms with Crippen LogP contribution in [0.2, 0.25) is 0 Å². The Morgan fingerprint density at radius 2 is 2.34 bits per heavy atom. The molecule has 0 saturated carbocycles. The van der Waals surface area contributed by atoms with Crippen LogP contribution in [0.25, 0.3) is 5.70 Å². The number of tetrazole rings is 1. The lowest BCUT2D eigenvalue weighted by Gasteiger charge is -2.49. The third-order valence-corrected chi connectivity index (χ3v) is 6.39. The molecule has 0 bridgehead atoms. The summed E-state index contributed by atoms with van der Waals surface area (Å²) in [6.07, 6.45) is 1.62. The number of nitrogens with two attached hydrogens (primary N) is 1. The van der Waals surface area contributed by atoms with Crippen LogP contribution >= 0.6 is 23.1 Å². The van der Waals surface area contributed by atoms with Gasteiger partial charge in [0.2, 0.25) is 12.4 Å². The summed E-state index contributed by atoms with van der Waals surface area (Å²) in [4.78, 5) is 46.7. The summed E-state index contributed by atoms with van der Waals surface area (Å²) >= 11 is 2.49. The highest BCUT2D eigenvalue weighted by atomic mass is 32.2. The molecule has 0 aromatic carbocycles. The molecule has 0 radical (unpaired) electrons. The molecule has 1 fully saturated rings. The Kier molecular flexibility index (Phi) is 5.87. The Bertz CT molecular complexity index is 1140. The summed E-state index contributed by atoms with van der Waals surface area (Å²) in [5.41, 5.74) is 6.64. The molecular weight excluding hydrogens is 462 g/mol. The molecule has 2 atom stereocenters. The van der Waals surface area contributed by atoms with Crippen LogP contribution in [-0.2, 0) is 19.2 Å². The lowest BCUT2D eigenvalue weighted by molar-refractivity contribution is -0.142. The molecule has 4 heterocycles. The molecule has 1 saturated heterocycles. The van der Waals surface area contributed by atoms with E-state index in [1.807, 2.05) is 0 Å². The molecule has 2 aliphatic heterocycles. The maximum Gasteiger partial charge on any atom is 0.344 e. The van der Waals surface area contributed by atoms with Gasteiger partial charge in [0, 0.05) is 11.1 Å². The number of amides is 2. The second-order valence-corrected chi connectivity index (χ2v) is 8.35. The normalized spacial score (nSPS) is 20.4. The molecule has 2 aliphatic rings. The summed E-state index contributed by atoms with van der Waals surface area (Å²) < 4.78 is 0. The van der Waals surface area contributed by atoms with Gasteiger partial charge in [0.15, 0.2) is 10.8 Å². The minimum atomic E-state index is -1.27. The lowest BCUT2D eigenvalue weighted by Crippen LogP contribution is -2.70. The number of allylic oxidation sites excluding steroid dienone is 1. The monoisotopic (exact) mass is 477 g/mol. The minimum Gasteiger partial charge on any atom is -0.479 e. The average Bonchev–Trinajstić information content (AvgIpc) is 3.45. The van der Waals surface area contributed by atoms with Crippen molar-refractivity contribution in [3.05, 3.63) is 35.1 Å². The average molecular weight is 477 g/mol. The Balaban J connectivity index is 1.54. The van der Waals surface area contributed by atoms with Gasteiger partial charge in [-0.25, -0.2) is 9.78 Å². The molecule has 32 heavy (non-hydrogen) atoms. The number of rotatable bonds is 8. The lowest BCUT2D eigenvalue weighted by atomic mass is 10.0. The predicted molar refractivity (Wildman–Crippen MR) is 113 cm³/mol. The number of carbonyl (C=O) groups is 3. The Morgan fingerprint density at radius 1 is 1.53 bits per heavy atom. The van der Waals surface area contributed by atoms with E-state index in [4.69, 9.17) is 15.7 Å². The number of aromatic nitrogens is 5. The van der Waals surface area contributed by atoms with Gasteiger partial charge in [-0.2, -0.15) is 5.21 Å². The van der Waals surface area contributed by atoms with Crippen LogP contribution in [-0.4, -0.2) is 82.9 Å². The number of aromatic amines is 1. The highest BCUT2D eigenvalue weighted by Crippen LogP contribution is 2.43. The van der Waals surface area contributed by atoms with E-state index in [0.717, 1.165) is 16.9 Å². The van der Waals surface area contributed by atoms with Crippen LogP contribution in [0.4, 0.5) is 5.13 Å². The zero-order chi connectivity index (χ0) is 22.8. The number of aliphatic carboxylic acids is 1. The van der Waals surface area contributed by atoms with Gasteiger partial charge in [-0.1, -0.05) is 17.8 Å². The van der Waals surface area contributed by atoms with Crippen molar-refractivity contribution in [2.75, 3.05) is 18.1 Å². The number of fused-ring (bicyclic) bond motifs is 1. The molecule has 0 aliphatic carbocycles. The van der Waals surface area contributed by atoms with E-state index in [1.54, 1.807) is 6.08 Å². The first-order valence-corrected chi connectivity index (χ1v) is 10.8. The molecule has 5 N–H and O–H groups in total. The van der Waals surface area contributed by atoms with Gasteiger partial charge in [-0.15, -0.1) is 33.3 Å². The van der Waals surface area contributed by atoms with Crippen molar-refractivity contribution in [1.29, 1.82) is 0 Å². The fraction of sp³-hybridized carbons (Fsp3) is 0.250. The van der Waals surface area contributed by atoms with E-state index in [0.29, 0.717) is 11.4 Å². The zero-order valence-corrected chi connectivity index (χ0v) is 17.7. The number of thiazole rings is 1. The highest BCUT2D eigenvalue weighted by Gasteiger charge is 2.53. The summed E-state index contributed by atoms with van der Waals surface area (Å²) in [5, 5.41) is 29.9. The first-order valence-electron chi connectivity index (χ1n) is 8.88. The number of nitrogen functional groups attached to an aromatic ring is 1. The van der Waals surface area contributed by atoms with Gasteiger partial charge >= 0.3 is 5.97 Å². The van der Waals surface area contributed by atoms with E-state index in [1.165, 1.54) is 22.0 Å². The molecule has 166 valence electrons. The quantitative estimate of drug-likeness (QED) is 0.207. The number of nitrogens with zero attached hydrogens (tertiary/aromatic N) is 6. The number of β-lactam (4-membered cyclic amide) rings is 1. The maximum absolute atomic E-state index is 12.9. The molecule has 14 nitrogen and oxygen atoms in total. The van der Waals surface area contributed by atoms with Gasteiger partial charge in [0.25, 0.3) is 11.8 Å². The van der Waals surface area contributed by atoms with Crippen molar-refractivity contribution < 1.29 is 24.3 Å². The van der Waals surface area contributed by atoms with Crippen molar-refractivity contribution in [3.8, 4) is 0 Å². The van der Waals surface area contributed by atoms with Gasteiger partial charge in [-0.3, -0.25) is 14.5 Å². The fourth-order valence-corrected chi connectivity index (χ4v) is 4.92. The molecule has 2 aromatic rings. The predicted octanol–water partition coefficient (Wildman–Crippen LogP) is -0.959. The molecule has 16 heteroatoms. The zero-order valence-electron chi connectivity index (χ0n) is 16.1. The molecular formula is C16H15N9O5S2. The Labute approximate surface area is 187 Å². The van der Waals surface area contributed by atoms with Crippen molar-refractivity contribution in [2.24, 2.45) is 5.16 Å². The van der Waals surface area contributed by atoms with Gasteiger partial charge in [-0.05, 0) is 10.8 Å². The number of thioether (sulfide) groups is 1. The first kappa shape index (κ1) is 21.4. The summed E-state index contributed by atoms with van der Waals surface area (Å²) in [6, 6.07) is -0.874. The second kappa shape index (κ2) is 8.75. The molecule has 2 amide bonds. The van der Waals surface area contributed by atoms with Crippen LogP contribution < -0.4 is 11.1 Å². The van der Waals surface area contributed by atoms with Gasteiger partial charge < -0.3 is 21.0 Å². The number of anilines is 1. The SMILES string of the molecule is C=CC1=C(c2nn[nH]n2)N2C(=O)[C@@H](NC(=O)/C(=N/OCC(=O)O)c3csc(N)n3)[C@H]2SC1. The molecule has 0 spiro atoms. The topological polar surface area (TPSA) is 202 Å². The number of carboxylic acids is 1. The summed E-state index contributed by atoms with van der Waals surface area (Å²) in [6.45, 7) is 3.01. The smallest absolute Gasteiger partial charge is 0.344 e. The number of carboxylic acid groups (broad SMARTS) is 1. The van der Waals surface area contributed by atoms with Crippen LogP contribution in [0.3, 0.4) is 0 Å². The van der Waals surface area contributed by atoms with Crippen LogP contribution in [0, 0.1) is 0 Å². The number of oxime groups is 1. The van der Waals surface area contributed by atoms with E-state index < -0.39 is 35.8 Å². The summed E-state index contributed by atoms with van der Waals surface area (Å²) in [7, 11) is 0. The van der Waals surface area contributed by atoms with E-state index in [-0.39, 0.29) is 22.4 Å². The number of carbonyl (C=O) groups excluding carboxylic acids is 2. The number of hydrogen-bond donors (Lipinski definition) is 4. The third kappa shape index (κ3) is 3.92. The standard InChI is InChI=1S/C16H15N9O5S2/c1-2-6-4-31-15-10(14(29)25(15)11(6)12-20-23-24-21-12)19-13(28)9(22-30-3-8(26)27)7-5-32-16(17)18-7/h2,5,10,15H,1,3-4H2,(H2,17,18)(H,19,28)(H,26,27)(H,20,21,23,24)/b22-9+/t10-,15-/m1/s1. The van der Waals surface area contributed by atoms with Crippen molar-refractivity contribution >= 4 is 57.4 Å². The Morgan fingerprint density at radius 3 is 2.97 bits per heavy atom.